The minimum atomic E-state index is -5.61. The Kier molecular flexibility index (Phi) is 7.30. The van der Waals surface area contributed by atoms with E-state index in [4.69, 9.17) is 10.5 Å². The summed E-state index contributed by atoms with van der Waals surface area (Å²) in [5, 5.41) is 34.1. The lowest BCUT2D eigenvalue weighted by Crippen LogP contribution is -2.18. The SMILES string of the molecule is Cc1nn(-c2cc(C(F)(F)F)c(C#N)c(C(F)(F)F)c2)c([O-])c1C(=O)c1cc(C(F)(F)F)c(C#N)c(C(F)(F)F)c1. The second-order valence-electron chi connectivity index (χ2n) is 8.08. The van der Waals surface area contributed by atoms with Crippen LogP contribution in [0.25, 0.3) is 5.69 Å². The fourth-order valence-corrected chi connectivity index (χ4v) is 3.74. The van der Waals surface area contributed by atoms with E-state index in [2.05, 4.69) is 5.10 Å². The smallest absolute Gasteiger partial charge is 0.417 e. The number of aryl methyl sites for hydroxylation is 1. The summed E-state index contributed by atoms with van der Waals surface area (Å²) in [4.78, 5) is 13.0. The Balaban J connectivity index is 2.34. The maximum Gasteiger partial charge on any atom is 0.417 e. The summed E-state index contributed by atoms with van der Waals surface area (Å²) in [6, 6.07) is 0.999. The molecule has 0 aliphatic heterocycles. The fraction of sp³-hybridized carbons (Fsp3) is 0.217. The number of aromatic nitrogens is 2. The third kappa shape index (κ3) is 5.63. The van der Waals surface area contributed by atoms with E-state index in [1.54, 1.807) is 0 Å². The first-order valence-electron chi connectivity index (χ1n) is 10.3. The van der Waals surface area contributed by atoms with E-state index in [1.807, 2.05) is 0 Å². The van der Waals surface area contributed by atoms with Crippen molar-refractivity contribution in [2.24, 2.45) is 0 Å². The summed E-state index contributed by atoms with van der Waals surface area (Å²) < 4.78 is 161. The predicted octanol–water partition coefficient (Wildman–Crippen LogP) is 6.30. The van der Waals surface area contributed by atoms with Crippen molar-refractivity contribution in [3.05, 3.63) is 74.5 Å². The molecule has 18 heteroatoms. The molecule has 0 bridgehead atoms. The van der Waals surface area contributed by atoms with Gasteiger partial charge >= 0.3 is 24.7 Å². The molecule has 0 aliphatic rings. The number of halogens is 12. The van der Waals surface area contributed by atoms with Crippen LogP contribution in [0.1, 0.15) is 55.0 Å². The highest BCUT2D eigenvalue weighted by molar-refractivity contribution is 6.11. The molecule has 0 radical (unpaired) electrons. The quantitative estimate of drug-likeness (QED) is 0.260. The standard InChI is InChI=1S/C23H8F12N4O2/c1-8-17(18(40)9-2-13(20(24,25)26)11(6-36)14(3-9)21(27,28)29)19(41)39(38-8)10-4-15(22(30,31)32)12(7-37)16(5-10)23(33,34)35/h2-5,41H,1H3/p-1. The molecule has 41 heavy (non-hydrogen) atoms. The number of carbonyl (C=O) groups excluding carboxylic acids is 1. The van der Waals surface area contributed by atoms with Gasteiger partial charge in [0.2, 0.25) is 0 Å². The molecule has 0 atom stereocenters. The third-order valence-corrected chi connectivity index (χ3v) is 5.46. The topological polar surface area (TPSA) is 106 Å². The van der Waals surface area contributed by atoms with Gasteiger partial charge in [0.1, 0.15) is 12.1 Å². The average molecular weight is 599 g/mol. The Hall–Kier alpha value is -4.74. The van der Waals surface area contributed by atoms with E-state index in [0.29, 0.717) is 0 Å². The summed E-state index contributed by atoms with van der Waals surface area (Å²) in [5.41, 5.74) is -17.3. The lowest BCUT2D eigenvalue weighted by atomic mass is 9.93. The number of alkyl halides is 12. The summed E-state index contributed by atoms with van der Waals surface area (Å²) in [5.74, 6) is -3.66. The van der Waals surface area contributed by atoms with Gasteiger partial charge in [-0.2, -0.15) is 68.3 Å². The van der Waals surface area contributed by atoms with Gasteiger partial charge in [0.05, 0.1) is 50.3 Å². The van der Waals surface area contributed by atoms with Crippen LogP contribution in [-0.4, -0.2) is 15.6 Å². The van der Waals surface area contributed by atoms with E-state index in [0.717, 1.165) is 19.1 Å². The van der Waals surface area contributed by atoms with Gasteiger partial charge in [0, 0.05) is 11.4 Å². The zero-order valence-corrected chi connectivity index (χ0v) is 19.5. The number of hydrogen-bond donors (Lipinski definition) is 0. The van der Waals surface area contributed by atoms with Gasteiger partial charge < -0.3 is 5.11 Å². The molecule has 0 unspecified atom stereocenters. The zero-order chi connectivity index (χ0) is 31.5. The van der Waals surface area contributed by atoms with Crippen molar-refractivity contribution in [1.29, 1.82) is 10.5 Å². The number of nitrogens with zero attached hydrogens (tertiary/aromatic N) is 4. The Morgan fingerprint density at radius 2 is 1.07 bits per heavy atom. The van der Waals surface area contributed by atoms with Crippen LogP contribution >= 0.6 is 0 Å². The van der Waals surface area contributed by atoms with Crippen molar-refractivity contribution in [1.82, 2.24) is 9.78 Å². The number of carbonyl (C=O) groups is 1. The molecule has 3 aromatic rings. The van der Waals surface area contributed by atoms with Crippen LogP contribution in [0.2, 0.25) is 0 Å². The van der Waals surface area contributed by atoms with Crippen LogP contribution in [0.15, 0.2) is 24.3 Å². The van der Waals surface area contributed by atoms with Crippen molar-refractivity contribution in [3.63, 3.8) is 0 Å². The Labute approximate surface area is 219 Å². The van der Waals surface area contributed by atoms with Gasteiger partial charge in [0.25, 0.3) is 0 Å². The minimum Gasteiger partial charge on any atom is -0.858 e. The number of rotatable bonds is 3. The molecule has 2 aromatic carbocycles. The normalized spacial score (nSPS) is 12.7. The summed E-state index contributed by atoms with van der Waals surface area (Å²) in [7, 11) is 0. The van der Waals surface area contributed by atoms with Gasteiger partial charge in [-0.25, -0.2) is 4.68 Å². The largest absolute Gasteiger partial charge is 0.858 e. The van der Waals surface area contributed by atoms with Crippen molar-refractivity contribution >= 4 is 5.78 Å². The first kappa shape index (κ1) is 30.8. The van der Waals surface area contributed by atoms with Crippen LogP contribution in [0, 0.1) is 29.6 Å². The second-order valence-corrected chi connectivity index (χ2v) is 8.08. The van der Waals surface area contributed by atoms with E-state index in [1.165, 1.54) is 0 Å². The maximum absolute atomic E-state index is 13.5. The highest BCUT2D eigenvalue weighted by atomic mass is 19.4. The molecular weight excluding hydrogens is 592 g/mol. The molecule has 1 aromatic heterocycles. The lowest BCUT2D eigenvalue weighted by Gasteiger charge is -2.19. The summed E-state index contributed by atoms with van der Waals surface area (Å²) in [6.45, 7) is 0.781. The highest BCUT2D eigenvalue weighted by Crippen LogP contribution is 2.43. The van der Waals surface area contributed by atoms with E-state index in [-0.39, 0.29) is 28.9 Å². The van der Waals surface area contributed by atoms with Crippen LogP contribution in [0.4, 0.5) is 52.7 Å². The van der Waals surface area contributed by atoms with Crippen LogP contribution < -0.4 is 5.11 Å². The van der Waals surface area contributed by atoms with E-state index < -0.39 is 92.3 Å². The predicted molar refractivity (Wildman–Crippen MR) is 107 cm³/mol. The van der Waals surface area contributed by atoms with Crippen molar-refractivity contribution in [2.45, 2.75) is 31.6 Å². The molecule has 0 spiro atoms. The Bertz CT molecular complexity index is 1580. The third-order valence-electron chi connectivity index (χ3n) is 5.46. The molecule has 0 aliphatic carbocycles. The average Bonchev–Trinajstić information content (AvgIpc) is 3.13. The second kappa shape index (κ2) is 9.72. The zero-order valence-electron chi connectivity index (χ0n) is 19.5. The lowest BCUT2D eigenvalue weighted by molar-refractivity contribution is -0.278. The van der Waals surface area contributed by atoms with Gasteiger partial charge in [0.15, 0.2) is 5.78 Å². The van der Waals surface area contributed by atoms with Gasteiger partial charge in [-0.15, -0.1) is 0 Å². The number of hydrogen-bond acceptors (Lipinski definition) is 5. The molecule has 0 amide bonds. The number of ketones is 1. The maximum atomic E-state index is 13.5. The highest BCUT2D eigenvalue weighted by Gasteiger charge is 2.44. The molecule has 1 heterocycles. The van der Waals surface area contributed by atoms with Crippen molar-refractivity contribution in [2.75, 3.05) is 0 Å². The van der Waals surface area contributed by atoms with Crippen LogP contribution in [0.5, 0.6) is 5.88 Å². The van der Waals surface area contributed by atoms with Gasteiger partial charge in [-0.05, 0) is 31.2 Å². The van der Waals surface area contributed by atoms with E-state index in [9.17, 15) is 62.6 Å². The first-order chi connectivity index (χ1) is 18.5. The molecule has 3 rings (SSSR count). The van der Waals surface area contributed by atoms with E-state index >= 15 is 0 Å². The fourth-order valence-electron chi connectivity index (χ4n) is 3.74. The minimum absolute atomic E-state index is 0.0822. The summed E-state index contributed by atoms with van der Waals surface area (Å²) in [6.07, 6.45) is -22.4. The summed E-state index contributed by atoms with van der Waals surface area (Å²) >= 11 is 0. The first-order valence-corrected chi connectivity index (χ1v) is 10.3. The van der Waals surface area contributed by atoms with Crippen LogP contribution in [0.3, 0.4) is 0 Å². The Morgan fingerprint density at radius 3 is 1.39 bits per heavy atom. The molecule has 6 nitrogen and oxygen atoms in total. The Morgan fingerprint density at radius 1 is 0.732 bits per heavy atom. The molecule has 0 fully saturated rings. The number of nitriles is 2. The van der Waals surface area contributed by atoms with Crippen LogP contribution in [-0.2, 0) is 24.7 Å². The van der Waals surface area contributed by atoms with Gasteiger partial charge in [-0.1, -0.05) is 0 Å². The molecular formula is C23H7F12N4O2-. The van der Waals surface area contributed by atoms with Gasteiger partial charge in [-0.3, -0.25) is 4.79 Å². The number of benzene rings is 2. The van der Waals surface area contributed by atoms with Crippen molar-refractivity contribution < 1.29 is 62.6 Å². The molecule has 0 saturated heterocycles. The monoisotopic (exact) mass is 599 g/mol. The molecule has 0 saturated carbocycles. The molecule has 0 N–H and O–H groups in total. The van der Waals surface area contributed by atoms with Crippen molar-refractivity contribution in [3.8, 4) is 23.7 Å². The molecule has 216 valence electrons.